The number of benzene rings is 1. The predicted molar refractivity (Wildman–Crippen MR) is 83.9 cm³/mol. The van der Waals surface area contributed by atoms with Gasteiger partial charge in [-0.1, -0.05) is 43.4 Å². The summed E-state index contributed by atoms with van der Waals surface area (Å²) in [6, 6.07) is 7.72. The van der Waals surface area contributed by atoms with Gasteiger partial charge >= 0.3 is 0 Å². The number of carbonyl (C=O) groups is 1. The van der Waals surface area contributed by atoms with Crippen molar-refractivity contribution < 1.29 is 9.53 Å². The molecule has 1 amide bonds. The number of nitrogens with one attached hydrogen (secondary N) is 1. The number of amides is 1. The first-order valence-electron chi connectivity index (χ1n) is 6.85. The molecule has 21 heavy (non-hydrogen) atoms. The second-order valence-corrected chi connectivity index (χ2v) is 5.97. The summed E-state index contributed by atoms with van der Waals surface area (Å²) in [6.45, 7) is 4.10. The third-order valence-electron chi connectivity index (χ3n) is 2.99. The van der Waals surface area contributed by atoms with E-state index in [4.69, 9.17) is 4.74 Å². The van der Waals surface area contributed by atoms with Gasteiger partial charge in [0.2, 0.25) is 11.0 Å². The second kappa shape index (κ2) is 7.17. The number of methoxy groups -OCH3 is 1. The highest BCUT2D eigenvalue weighted by molar-refractivity contribution is 7.15. The SMILES string of the molecule is COc1ccccc1CCC(=O)Nc1nnc(C(C)C)s1. The fourth-order valence-corrected chi connectivity index (χ4v) is 2.62. The summed E-state index contributed by atoms with van der Waals surface area (Å²) in [6.07, 6.45) is 1.02. The van der Waals surface area contributed by atoms with Crippen molar-refractivity contribution in [3.05, 3.63) is 34.8 Å². The number of para-hydroxylation sites is 1. The fraction of sp³-hybridized carbons (Fsp3) is 0.400. The minimum absolute atomic E-state index is 0.0626. The summed E-state index contributed by atoms with van der Waals surface area (Å²) in [5.41, 5.74) is 1.02. The Morgan fingerprint density at radius 3 is 2.76 bits per heavy atom. The van der Waals surface area contributed by atoms with Crippen molar-refractivity contribution in [2.24, 2.45) is 0 Å². The van der Waals surface area contributed by atoms with Crippen molar-refractivity contribution in [3.8, 4) is 5.75 Å². The van der Waals surface area contributed by atoms with Crippen LogP contribution in [0.2, 0.25) is 0 Å². The number of anilines is 1. The van der Waals surface area contributed by atoms with Crippen molar-refractivity contribution in [2.45, 2.75) is 32.6 Å². The number of ether oxygens (including phenoxy) is 1. The molecule has 0 aliphatic carbocycles. The van der Waals surface area contributed by atoms with Gasteiger partial charge < -0.3 is 10.1 Å². The Kier molecular flexibility index (Phi) is 5.27. The Morgan fingerprint density at radius 1 is 1.33 bits per heavy atom. The Hall–Kier alpha value is -1.95. The molecule has 0 spiro atoms. The van der Waals surface area contributed by atoms with E-state index in [1.54, 1.807) is 7.11 Å². The number of nitrogens with zero attached hydrogens (tertiary/aromatic N) is 2. The zero-order valence-corrected chi connectivity index (χ0v) is 13.2. The summed E-state index contributed by atoms with van der Waals surface area (Å²) in [5.74, 6) is 1.07. The highest BCUT2D eigenvalue weighted by Gasteiger charge is 2.11. The summed E-state index contributed by atoms with van der Waals surface area (Å²) >= 11 is 1.42. The molecular weight excluding hydrogens is 286 g/mol. The van der Waals surface area contributed by atoms with Gasteiger partial charge in [-0.15, -0.1) is 10.2 Å². The lowest BCUT2D eigenvalue weighted by Gasteiger charge is -2.07. The predicted octanol–water partition coefficient (Wildman–Crippen LogP) is 3.24. The minimum Gasteiger partial charge on any atom is -0.496 e. The first kappa shape index (κ1) is 15.4. The van der Waals surface area contributed by atoms with Crippen LogP contribution in [0.5, 0.6) is 5.75 Å². The maximum absolute atomic E-state index is 12.0. The van der Waals surface area contributed by atoms with Crippen LogP contribution in [0.4, 0.5) is 5.13 Å². The molecule has 112 valence electrons. The Bertz CT molecular complexity index is 610. The van der Waals surface area contributed by atoms with Gasteiger partial charge in [-0.05, 0) is 18.1 Å². The van der Waals surface area contributed by atoms with E-state index in [0.717, 1.165) is 16.3 Å². The van der Waals surface area contributed by atoms with E-state index < -0.39 is 0 Å². The number of hydrogen-bond acceptors (Lipinski definition) is 5. The maximum atomic E-state index is 12.0. The van der Waals surface area contributed by atoms with Crippen LogP contribution in [0.25, 0.3) is 0 Å². The van der Waals surface area contributed by atoms with Gasteiger partial charge in [0, 0.05) is 12.3 Å². The number of aryl methyl sites for hydroxylation is 1. The van der Waals surface area contributed by atoms with Crippen LogP contribution in [0.3, 0.4) is 0 Å². The van der Waals surface area contributed by atoms with Crippen LogP contribution in [0.15, 0.2) is 24.3 Å². The zero-order valence-electron chi connectivity index (χ0n) is 12.4. The Labute approximate surface area is 128 Å². The molecular formula is C15H19N3O2S. The minimum atomic E-state index is -0.0626. The van der Waals surface area contributed by atoms with Gasteiger partial charge in [0.25, 0.3) is 0 Å². The summed E-state index contributed by atoms with van der Waals surface area (Å²) in [4.78, 5) is 12.0. The van der Waals surface area contributed by atoms with E-state index in [2.05, 4.69) is 15.5 Å². The molecule has 6 heteroatoms. The summed E-state index contributed by atoms with van der Waals surface area (Å²) in [7, 11) is 1.63. The van der Waals surface area contributed by atoms with Gasteiger partial charge in [0.15, 0.2) is 0 Å². The van der Waals surface area contributed by atoms with Gasteiger partial charge in [-0.25, -0.2) is 0 Å². The molecule has 0 fully saturated rings. The lowest BCUT2D eigenvalue weighted by molar-refractivity contribution is -0.116. The highest BCUT2D eigenvalue weighted by Crippen LogP contribution is 2.23. The quantitative estimate of drug-likeness (QED) is 0.890. The van der Waals surface area contributed by atoms with E-state index in [0.29, 0.717) is 23.9 Å². The molecule has 1 aromatic carbocycles. The second-order valence-electron chi connectivity index (χ2n) is 4.96. The van der Waals surface area contributed by atoms with Crippen LogP contribution in [0, 0.1) is 0 Å². The van der Waals surface area contributed by atoms with Gasteiger partial charge in [-0.2, -0.15) is 0 Å². The maximum Gasteiger partial charge on any atom is 0.226 e. The normalized spacial score (nSPS) is 10.7. The molecule has 2 aromatic rings. The van der Waals surface area contributed by atoms with Gasteiger partial charge in [-0.3, -0.25) is 4.79 Å². The number of hydrogen-bond donors (Lipinski definition) is 1. The Morgan fingerprint density at radius 2 is 2.10 bits per heavy atom. The van der Waals surface area contributed by atoms with Crippen LogP contribution in [-0.4, -0.2) is 23.2 Å². The van der Waals surface area contributed by atoms with Gasteiger partial charge in [0.05, 0.1) is 7.11 Å². The highest BCUT2D eigenvalue weighted by atomic mass is 32.1. The average molecular weight is 305 g/mol. The third kappa shape index (κ3) is 4.26. The molecule has 1 aromatic heterocycles. The summed E-state index contributed by atoms with van der Waals surface area (Å²) in [5, 5.41) is 12.3. The molecule has 2 rings (SSSR count). The number of aromatic nitrogens is 2. The number of rotatable bonds is 6. The molecule has 1 heterocycles. The van der Waals surface area contributed by atoms with Crippen molar-refractivity contribution in [1.82, 2.24) is 10.2 Å². The molecule has 0 atom stereocenters. The molecule has 5 nitrogen and oxygen atoms in total. The van der Waals surface area contributed by atoms with Crippen LogP contribution in [-0.2, 0) is 11.2 Å². The van der Waals surface area contributed by atoms with E-state index in [-0.39, 0.29) is 5.91 Å². The number of carbonyl (C=O) groups excluding carboxylic acids is 1. The topological polar surface area (TPSA) is 64.1 Å². The van der Waals surface area contributed by atoms with Crippen molar-refractivity contribution in [1.29, 1.82) is 0 Å². The largest absolute Gasteiger partial charge is 0.496 e. The molecule has 0 radical (unpaired) electrons. The standard InChI is InChI=1S/C15H19N3O2S/c1-10(2)14-17-18-15(21-14)16-13(19)9-8-11-6-4-5-7-12(11)20-3/h4-7,10H,8-9H2,1-3H3,(H,16,18,19). The van der Waals surface area contributed by atoms with Crippen LogP contribution >= 0.6 is 11.3 Å². The van der Waals surface area contributed by atoms with Gasteiger partial charge in [0.1, 0.15) is 10.8 Å². The van der Waals surface area contributed by atoms with Crippen molar-refractivity contribution >= 4 is 22.4 Å². The molecule has 0 aliphatic heterocycles. The van der Waals surface area contributed by atoms with Crippen LogP contribution in [0.1, 0.15) is 36.8 Å². The lowest BCUT2D eigenvalue weighted by Crippen LogP contribution is -2.12. The van der Waals surface area contributed by atoms with Crippen LogP contribution < -0.4 is 10.1 Å². The van der Waals surface area contributed by atoms with Crippen molar-refractivity contribution in [3.63, 3.8) is 0 Å². The Balaban J connectivity index is 1.89. The molecule has 0 aliphatic rings. The molecule has 0 saturated carbocycles. The molecule has 0 unspecified atom stereocenters. The van der Waals surface area contributed by atoms with E-state index >= 15 is 0 Å². The zero-order chi connectivity index (χ0) is 15.2. The third-order valence-corrected chi connectivity index (χ3v) is 4.13. The molecule has 1 N–H and O–H groups in total. The summed E-state index contributed by atoms with van der Waals surface area (Å²) < 4.78 is 5.27. The smallest absolute Gasteiger partial charge is 0.226 e. The monoisotopic (exact) mass is 305 g/mol. The first-order chi connectivity index (χ1) is 10.1. The molecule has 0 bridgehead atoms. The lowest BCUT2D eigenvalue weighted by atomic mass is 10.1. The fourth-order valence-electron chi connectivity index (χ4n) is 1.86. The average Bonchev–Trinajstić information content (AvgIpc) is 2.94. The van der Waals surface area contributed by atoms with Crippen molar-refractivity contribution in [2.75, 3.05) is 12.4 Å². The van der Waals surface area contributed by atoms with E-state index in [1.807, 2.05) is 38.1 Å². The molecule has 0 saturated heterocycles. The first-order valence-corrected chi connectivity index (χ1v) is 7.67. The van der Waals surface area contributed by atoms with E-state index in [9.17, 15) is 4.79 Å². The van der Waals surface area contributed by atoms with E-state index in [1.165, 1.54) is 11.3 Å².